The molecule has 0 amide bonds. The van der Waals surface area contributed by atoms with Gasteiger partial charge < -0.3 is 0 Å². The minimum Gasteiger partial charge on any atom is -0.265 e. The van der Waals surface area contributed by atoms with E-state index in [0.29, 0.717) is 12.2 Å². The molecule has 0 aliphatic rings. The van der Waals surface area contributed by atoms with Crippen LogP contribution in [0.5, 0.6) is 0 Å². The molecular formula is C10H11N4O+. The monoisotopic (exact) mass is 203 g/mol. The van der Waals surface area contributed by atoms with E-state index < -0.39 is 0 Å². The normalized spacial score (nSPS) is 10.2. The Balaban J connectivity index is 2.21. The van der Waals surface area contributed by atoms with Crippen LogP contribution in [0.25, 0.3) is 0 Å². The molecule has 5 nitrogen and oxygen atoms in total. The Bertz CT molecular complexity index is 464. The van der Waals surface area contributed by atoms with E-state index in [1.165, 1.54) is 0 Å². The lowest BCUT2D eigenvalue weighted by molar-refractivity contribution is -0.742. The Labute approximate surface area is 86.7 Å². The topological polar surface area (TPSA) is 62.0 Å². The maximum absolute atomic E-state index is 10.4. The van der Waals surface area contributed by atoms with E-state index in [9.17, 15) is 4.91 Å². The van der Waals surface area contributed by atoms with Gasteiger partial charge in [0, 0.05) is 18.0 Å². The molecule has 0 saturated heterocycles. The molecule has 0 aliphatic heterocycles. The van der Waals surface area contributed by atoms with Crippen molar-refractivity contribution in [1.82, 2.24) is 10.1 Å². The van der Waals surface area contributed by atoms with Crippen LogP contribution in [0.3, 0.4) is 0 Å². The van der Waals surface area contributed by atoms with E-state index >= 15 is 0 Å². The standard InChI is InChI=1S/C10H10N4O/c1-8-10(13-15)7-14(12-8)6-9-2-4-11-5-3-9/h2-5,7H,6H2,1H3/p+1. The van der Waals surface area contributed by atoms with Gasteiger partial charge in [-0.1, -0.05) is 0 Å². The summed E-state index contributed by atoms with van der Waals surface area (Å²) in [6, 6.07) is 3.86. The SMILES string of the molecule is Cc1[nH][n+](Cc2ccncc2)cc1N=O. The third kappa shape index (κ3) is 2.07. The maximum atomic E-state index is 10.4. The van der Waals surface area contributed by atoms with Crippen LogP contribution in [0.4, 0.5) is 5.69 Å². The number of hydrogen-bond donors (Lipinski definition) is 1. The molecule has 5 heteroatoms. The predicted octanol–water partition coefficient (Wildman–Crippen LogP) is 1.45. The molecule has 0 atom stereocenters. The van der Waals surface area contributed by atoms with Crippen molar-refractivity contribution < 1.29 is 4.68 Å². The van der Waals surface area contributed by atoms with Gasteiger partial charge in [0.15, 0.2) is 12.2 Å². The second-order valence-corrected chi connectivity index (χ2v) is 3.33. The predicted molar refractivity (Wildman–Crippen MR) is 54.5 cm³/mol. The highest BCUT2D eigenvalue weighted by Crippen LogP contribution is 2.12. The summed E-state index contributed by atoms with van der Waals surface area (Å²) in [5, 5.41) is 5.96. The fourth-order valence-electron chi connectivity index (χ4n) is 1.41. The lowest BCUT2D eigenvalue weighted by Gasteiger charge is -1.92. The van der Waals surface area contributed by atoms with Crippen molar-refractivity contribution in [2.24, 2.45) is 5.18 Å². The molecule has 0 fully saturated rings. The number of nitrogens with zero attached hydrogens (tertiary/aromatic N) is 3. The third-order valence-corrected chi connectivity index (χ3v) is 2.17. The van der Waals surface area contributed by atoms with Gasteiger partial charge in [-0.2, -0.15) is 5.10 Å². The first kappa shape index (κ1) is 9.51. The van der Waals surface area contributed by atoms with Gasteiger partial charge in [0.2, 0.25) is 6.20 Å². The first-order valence-electron chi connectivity index (χ1n) is 4.61. The summed E-state index contributed by atoms with van der Waals surface area (Å²) in [6.07, 6.45) is 5.18. The van der Waals surface area contributed by atoms with E-state index in [1.807, 2.05) is 23.7 Å². The Hall–Kier alpha value is -2.04. The highest BCUT2D eigenvalue weighted by molar-refractivity contribution is 5.35. The van der Waals surface area contributed by atoms with Crippen molar-refractivity contribution in [2.45, 2.75) is 13.5 Å². The number of rotatable bonds is 3. The van der Waals surface area contributed by atoms with Crippen molar-refractivity contribution in [3.8, 4) is 0 Å². The number of aryl methyl sites for hydroxylation is 1. The molecule has 2 rings (SSSR count). The number of hydrogen-bond acceptors (Lipinski definition) is 3. The number of H-pyrrole nitrogens is 1. The molecule has 15 heavy (non-hydrogen) atoms. The van der Waals surface area contributed by atoms with Gasteiger partial charge in [-0.15, -0.1) is 9.59 Å². The van der Waals surface area contributed by atoms with E-state index in [2.05, 4.69) is 15.3 Å². The quantitative estimate of drug-likeness (QED) is 0.606. The van der Waals surface area contributed by atoms with Gasteiger partial charge in [0.25, 0.3) is 0 Å². The summed E-state index contributed by atoms with van der Waals surface area (Å²) in [5.41, 5.74) is 2.34. The summed E-state index contributed by atoms with van der Waals surface area (Å²) in [7, 11) is 0. The Morgan fingerprint density at radius 2 is 2.20 bits per heavy atom. The average Bonchev–Trinajstić information content (AvgIpc) is 2.60. The van der Waals surface area contributed by atoms with Crippen LogP contribution in [0.1, 0.15) is 11.3 Å². The van der Waals surface area contributed by atoms with E-state index in [4.69, 9.17) is 0 Å². The molecule has 0 aromatic carbocycles. The number of nitrogens with one attached hydrogen (secondary N) is 1. The van der Waals surface area contributed by atoms with Gasteiger partial charge in [-0.05, 0) is 24.2 Å². The number of pyridine rings is 1. The van der Waals surface area contributed by atoms with Gasteiger partial charge in [0.05, 0.1) is 0 Å². The fourth-order valence-corrected chi connectivity index (χ4v) is 1.41. The summed E-state index contributed by atoms with van der Waals surface area (Å²) in [6.45, 7) is 2.50. The Morgan fingerprint density at radius 3 is 2.80 bits per heavy atom. The molecule has 2 aromatic rings. The van der Waals surface area contributed by atoms with Gasteiger partial charge >= 0.3 is 0 Å². The van der Waals surface area contributed by atoms with Gasteiger partial charge in [-0.25, -0.2) is 0 Å². The van der Waals surface area contributed by atoms with E-state index in [1.54, 1.807) is 18.6 Å². The Kier molecular flexibility index (Phi) is 2.53. The maximum Gasteiger partial charge on any atom is 0.225 e. The summed E-state index contributed by atoms with van der Waals surface area (Å²) in [5.74, 6) is 0. The molecule has 1 N–H and O–H groups in total. The highest BCUT2D eigenvalue weighted by Gasteiger charge is 2.11. The first-order valence-corrected chi connectivity index (χ1v) is 4.61. The van der Waals surface area contributed by atoms with Crippen molar-refractivity contribution in [3.63, 3.8) is 0 Å². The molecule has 0 unspecified atom stereocenters. The van der Waals surface area contributed by atoms with Crippen molar-refractivity contribution in [3.05, 3.63) is 46.9 Å². The number of nitroso groups, excluding NO2 is 1. The lowest BCUT2D eigenvalue weighted by Crippen LogP contribution is -2.35. The smallest absolute Gasteiger partial charge is 0.225 e. The van der Waals surface area contributed by atoms with Gasteiger partial charge in [-0.3, -0.25) is 4.98 Å². The summed E-state index contributed by atoms with van der Waals surface area (Å²) >= 11 is 0. The van der Waals surface area contributed by atoms with Crippen LogP contribution >= 0.6 is 0 Å². The van der Waals surface area contributed by atoms with Crippen LogP contribution in [0.15, 0.2) is 35.9 Å². The third-order valence-electron chi connectivity index (χ3n) is 2.17. The highest BCUT2D eigenvalue weighted by atomic mass is 16.3. The lowest BCUT2D eigenvalue weighted by atomic mass is 10.3. The fraction of sp³-hybridized carbons (Fsp3) is 0.200. The van der Waals surface area contributed by atoms with Crippen LogP contribution < -0.4 is 4.68 Å². The molecule has 0 saturated carbocycles. The zero-order valence-electron chi connectivity index (χ0n) is 8.34. The minimum absolute atomic E-state index is 0.448. The van der Waals surface area contributed by atoms with Crippen LogP contribution in [0.2, 0.25) is 0 Å². The van der Waals surface area contributed by atoms with Crippen molar-refractivity contribution in [2.75, 3.05) is 0 Å². The molecule has 0 spiro atoms. The van der Waals surface area contributed by atoms with Crippen LogP contribution in [-0.4, -0.2) is 10.1 Å². The molecule has 76 valence electrons. The first-order chi connectivity index (χ1) is 7.29. The van der Waals surface area contributed by atoms with Crippen molar-refractivity contribution >= 4 is 5.69 Å². The Morgan fingerprint density at radius 1 is 1.47 bits per heavy atom. The van der Waals surface area contributed by atoms with Crippen molar-refractivity contribution in [1.29, 1.82) is 0 Å². The molecule has 0 bridgehead atoms. The van der Waals surface area contributed by atoms with Crippen LogP contribution in [0, 0.1) is 11.8 Å². The largest absolute Gasteiger partial charge is 0.265 e. The number of aromatic nitrogens is 3. The molecule has 2 heterocycles. The average molecular weight is 203 g/mol. The zero-order chi connectivity index (χ0) is 10.7. The zero-order valence-corrected chi connectivity index (χ0v) is 8.34. The van der Waals surface area contributed by atoms with Gasteiger partial charge in [0.1, 0.15) is 5.69 Å². The van der Waals surface area contributed by atoms with E-state index in [0.717, 1.165) is 11.3 Å². The summed E-state index contributed by atoms with van der Waals surface area (Å²) < 4.78 is 1.82. The van der Waals surface area contributed by atoms with Crippen LogP contribution in [-0.2, 0) is 6.54 Å². The molecule has 0 aliphatic carbocycles. The number of aromatic amines is 1. The second-order valence-electron chi connectivity index (χ2n) is 3.33. The molecular weight excluding hydrogens is 192 g/mol. The summed E-state index contributed by atoms with van der Waals surface area (Å²) in [4.78, 5) is 14.3. The second kappa shape index (κ2) is 4.00. The minimum atomic E-state index is 0.448. The molecule has 0 radical (unpaired) electrons. The van der Waals surface area contributed by atoms with E-state index in [-0.39, 0.29) is 0 Å². The molecule has 2 aromatic heterocycles.